The van der Waals surface area contributed by atoms with E-state index in [1.807, 2.05) is 0 Å². The van der Waals surface area contributed by atoms with Crippen molar-refractivity contribution in [3.05, 3.63) is 33.8 Å². The van der Waals surface area contributed by atoms with Crippen molar-refractivity contribution in [3.63, 3.8) is 0 Å². The van der Waals surface area contributed by atoms with Gasteiger partial charge < -0.3 is 5.11 Å². The third-order valence-corrected chi connectivity index (χ3v) is 2.66. The average Bonchev–Trinajstić information content (AvgIpc) is 2.19. The van der Waals surface area contributed by atoms with Crippen LogP contribution in [0.5, 0.6) is 0 Å². The highest BCUT2D eigenvalue weighted by atomic mass is 35.5. The first kappa shape index (κ1) is 12.5. The van der Waals surface area contributed by atoms with Crippen molar-refractivity contribution >= 4 is 29.0 Å². The maximum Gasteiger partial charge on any atom is 0.193 e. The maximum atomic E-state index is 11.8. The van der Waals surface area contributed by atoms with Crippen LogP contribution >= 0.6 is 23.2 Å². The summed E-state index contributed by atoms with van der Waals surface area (Å²) < 4.78 is 0. The Labute approximate surface area is 98.8 Å². The molecule has 0 aliphatic carbocycles. The SMILES string of the molecule is CC(C)C(O)C(=O)c1cc(Cl)ccc1Cl. The predicted octanol–water partition coefficient (Wildman–Crippen LogP) is 3.19. The zero-order chi connectivity index (χ0) is 11.6. The Morgan fingerprint density at radius 3 is 2.47 bits per heavy atom. The molecule has 1 aromatic rings. The second-order valence-electron chi connectivity index (χ2n) is 3.68. The fraction of sp³-hybridized carbons (Fsp3) is 0.364. The van der Waals surface area contributed by atoms with E-state index in [-0.39, 0.29) is 11.5 Å². The molecule has 0 fully saturated rings. The van der Waals surface area contributed by atoms with Crippen LogP contribution < -0.4 is 0 Å². The summed E-state index contributed by atoms with van der Waals surface area (Å²) in [6, 6.07) is 4.62. The van der Waals surface area contributed by atoms with Gasteiger partial charge in [-0.1, -0.05) is 37.0 Å². The molecule has 1 N–H and O–H groups in total. The lowest BCUT2D eigenvalue weighted by Gasteiger charge is -2.13. The number of hydrogen-bond donors (Lipinski definition) is 1. The van der Waals surface area contributed by atoms with Crippen LogP contribution in [0.2, 0.25) is 10.0 Å². The van der Waals surface area contributed by atoms with Gasteiger partial charge in [0.1, 0.15) is 6.10 Å². The molecule has 0 aliphatic heterocycles. The van der Waals surface area contributed by atoms with Crippen LogP contribution in [-0.2, 0) is 0 Å². The third-order valence-electron chi connectivity index (χ3n) is 2.09. The van der Waals surface area contributed by atoms with Gasteiger partial charge in [0, 0.05) is 10.6 Å². The normalized spacial score (nSPS) is 12.9. The van der Waals surface area contributed by atoms with Gasteiger partial charge in [-0.05, 0) is 24.1 Å². The number of hydrogen-bond acceptors (Lipinski definition) is 2. The Bertz CT molecular complexity index is 375. The summed E-state index contributed by atoms with van der Waals surface area (Å²) in [5.74, 6) is -0.537. The number of rotatable bonds is 3. The van der Waals surface area contributed by atoms with Crippen LogP contribution in [-0.4, -0.2) is 17.0 Å². The summed E-state index contributed by atoms with van der Waals surface area (Å²) in [7, 11) is 0. The molecule has 1 rings (SSSR count). The summed E-state index contributed by atoms with van der Waals surface area (Å²) in [6.45, 7) is 3.53. The van der Waals surface area contributed by atoms with Crippen molar-refractivity contribution in [1.29, 1.82) is 0 Å². The van der Waals surface area contributed by atoms with Gasteiger partial charge in [-0.2, -0.15) is 0 Å². The molecular weight excluding hydrogens is 235 g/mol. The van der Waals surface area contributed by atoms with Crippen LogP contribution in [0, 0.1) is 5.92 Å². The van der Waals surface area contributed by atoms with E-state index < -0.39 is 11.9 Å². The monoisotopic (exact) mass is 246 g/mol. The van der Waals surface area contributed by atoms with Crippen LogP contribution in [0.3, 0.4) is 0 Å². The molecule has 0 saturated heterocycles. The Kier molecular flexibility index (Phi) is 4.14. The first-order valence-electron chi connectivity index (χ1n) is 4.61. The van der Waals surface area contributed by atoms with E-state index >= 15 is 0 Å². The number of carbonyl (C=O) groups excluding carboxylic acids is 1. The van der Waals surface area contributed by atoms with E-state index in [0.29, 0.717) is 10.0 Å². The van der Waals surface area contributed by atoms with E-state index in [0.717, 1.165) is 0 Å². The van der Waals surface area contributed by atoms with Crippen molar-refractivity contribution in [3.8, 4) is 0 Å². The van der Waals surface area contributed by atoms with Gasteiger partial charge in [-0.3, -0.25) is 4.79 Å². The molecule has 2 nitrogen and oxygen atoms in total. The molecule has 0 heterocycles. The van der Waals surface area contributed by atoms with E-state index in [4.69, 9.17) is 23.2 Å². The zero-order valence-electron chi connectivity index (χ0n) is 8.50. The largest absolute Gasteiger partial charge is 0.385 e. The Morgan fingerprint density at radius 2 is 1.93 bits per heavy atom. The predicted molar refractivity (Wildman–Crippen MR) is 61.6 cm³/mol. The second kappa shape index (κ2) is 4.97. The van der Waals surface area contributed by atoms with E-state index in [9.17, 15) is 9.90 Å². The van der Waals surface area contributed by atoms with E-state index in [1.54, 1.807) is 26.0 Å². The van der Waals surface area contributed by atoms with Gasteiger partial charge in [0.25, 0.3) is 0 Å². The summed E-state index contributed by atoms with van der Waals surface area (Å²) in [5, 5.41) is 10.4. The highest BCUT2D eigenvalue weighted by Gasteiger charge is 2.22. The topological polar surface area (TPSA) is 37.3 Å². The molecule has 0 aliphatic rings. The third kappa shape index (κ3) is 2.94. The van der Waals surface area contributed by atoms with Crippen molar-refractivity contribution < 1.29 is 9.90 Å². The van der Waals surface area contributed by atoms with Gasteiger partial charge in [-0.15, -0.1) is 0 Å². The molecule has 0 saturated carbocycles. The van der Waals surface area contributed by atoms with Crippen molar-refractivity contribution in [2.24, 2.45) is 5.92 Å². The van der Waals surface area contributed by atoms with E-state index in [1.165, 1.54) is 6.07 Å². The molecule has 0 bridgehead atoms. The molecule has 15 heavy (non-hydrogen) atoms. The maximum absolute atomic E-state index is 11.8. The van der Waals surface area contributed by atoms with E-state index in [2.05, 4.69) is 0 Å². The molecule has 1 unspecified atom stereocenters. The molecule has 4 heteroatoms. The number of aliphatic hydroxyl groups is 1. The summed E-state index contributed by atoms with van der Waals surface area (Å²) >= 11 is 11.6. The minimum absolute atomic E-state index is 0.146. The number of carbonyl (C=O) groups is 1. The number of aliphatic hydroxyl groups excluding tert-OH is 1. The number of ketones is 1. The first-order chi connectivity index (χ1) is 6.93. The number of benzene rings is 1. The van der Waals surface area contributed by atoms with Gasteiger partial charge in [-0.25, -0.2) is 0 Å². The standard InChI is InChI=1S/C11H12Cl2O2/c1-6(2)10(14)11(15)8-5-7(12)3-4-9(8)13/h3-6,10,14H,1-2H3. The van der Waals surface area contributed by atoms with Gasteiger partial charge in [0.05, 0.1) is 5.02 Å². The number of halogens is 2. The summed E-state index contributed by atoms with van der Waals surface area (Å²) in [6.07, 6.45) is -1.04. The van der Waals surface area contributed by atoms with Crippen molar-refractivity contribution in [2.45, 2.75) is 20.0 Å². The Balaban J connectivity index is 3.05. The Morgan fingerprint density at radius 1 is 1.33 bits per heavy atom. The molecule has 1 aromatic carbocycles. The summed E-state index contributed by atoms with van der Waals surface area (Å²) in [4.78, 5) is 11.8. The van der Waals surface area contributed by atoms with Crippen LogP contribution in [0.15, 0.2) is 18.2 Å². The first-order valence-corrected chi connectivity index (χ1v) is 5.36. The Hall–Kier alpha value is -0.570. The van der Waals surface area contributed by atoms with Gasteiger partial charge in [0.2, 0.25) is 0 Å². The molecule has 0 radical (unpaired) electrons. The summed E-state index contributed by atoms with van der Waals surface area (Å²) in [5.41, 5.74) is 0.269. The lowest BCUT2D eigenvalue weighted by molar-refractivity contribution is 0.0648. The lowest BCUT2D eigenvalue weighted by atomic mass is 9.98. The van der Waals surface area contributed by atoms with Crippen LogP contribution in [0.25, 0.3) is 0 Å². The quantitative estimate of drug-likeness (QED) is 0.833. The highest BCUT2D eigenvalue weighted by Crippen LogP contribution is 2.23. The smallest absolute Gasteiger partial charge is 0.193 e. The molecule has 82 valence electrons. The van der Waals surface area contributed by atoms with Gasteiger partial charge >= 0.3 is 0 Å². The fourth-order valence-electron chi connectivity index (χ4n) is 1.15. The highest BCUT2D eigenvalue weighted by molar-refractivity contribution is 6.36. The zero-order valence-corrected chi connectivity index (χ0v) is 10.0. The average molecular weight is 247 g/mol. The van der Waals surface area contributed by atoms with Crippen molar-refractivity contribution in [2.75, 3.05) is 0 Å². The van der Waals surface area contributed by atoms with Crippen LogP contribution in [0.1, 0.15) is 24.2 Å². The molecule has 0 amide bonds. The van der Waals surface area contributed by atoms with Gasteiger partial charge in [0.15, 0.2) is 5.78 Å². The van der Waals surface area contributed by atoms with Crippen LogP contribution in [0.4, 0.5) is 0 Å². The fourth-order valence-corrected chi connectivity index (χ4v) is 1.53. The minimum Gasteiger partial charge on any atom is -0.385 e. The molecule has 0 spiro atoms. The molecular formula is C11H12Cl2O2. The molecule has 0 aromatic heterocycles. The second-order valence-corrected chi connectivity index (χ2v) is 4.52. The lowest BCUT2D eigenvalue weighted by Crippen LogP contribution is -2.26. The number of Topliss-reactive ketones (excluding diaryl/α,β-unsaturated/α-hetero) is 1. The minimum atomic E-state index is -1.04. The van der Waals surface area contributed by atoms with Crippen molar-refractivity contribution in [1.82, 2.24) is 0 Å². The molecule has 1 atom stereocenters.